The molecule has 4 heteroatoms. The molecule has 0 spiro atoms. The Balaban J connectivity index is 2.96. The smallest absolute Gasteiger partial charge is 0.249 e. The van der Waals surface area contributed by atoms with Crippen LogP contribution in [0.2, 0.25) is 0 Å². The van der Waals surface area contributed by atoms with Crippen molar-refractivity contribution in [3.8, 4) is 0 Å². The van der Waals surface area contributed by atoms with Crippen LogP contribution in [0.25, 0.3) is 11.0 Å². The summed E-state index contributed by atoms with van der Waals surface area (Å²) in [5.41, 5.74) is 2.78. The molecular weight excluding hydrogens is 190 g/mol. The molecule has 2 rings (SSSR count). The van der Waals surface area contributed by atoms with Crippen LogP contribution < -0.4 is 5.56 Å². The van der Waals surface area contributed by atoms with E-state index in [4.69, 9.17) is 0 Å². The molecule has 2 aromatic rings. The minimum absolute atomic E-state index is 0.0609. The Hall–Kier alpha value is -1.58. The first-order valence-corrected chi connectivity index (χ1v) is 5.07. The van der Waals surface area contributed by atoms with E-state index in [0.717, 1.165) is 22.3 Å². The van der Waals surface area contributed by atoms with Crippen molar-refractivity contribution in [2.24, 2.45) is 7.05 Å². The molecule has 0 aliphatic rings. The second-order valence-electron chi connectivity index (χ2n) is 4.18. The highest BCUT2D eigenvalue weighted by molar-refractivity contribution is 5.82. The summed E-state index contributed by atoms with van der Waals surface area (Å²) >= 11 is 0. The highest BCUT2D eigenvalue weighted by Gasteiger charge is 2.13. The first kappa shape index (κ1) is 9.96. The van der Waals surface area contributed by atoms with Crippen LogP contribution >= 0.6 is 0 Å². The second-order valence-corrected chi connectivity index (χ2v) is 4.18. The molecule has 0 atom stereocenters. The molecule has 0 unspecified atom stereocenters. The maximum atomic E-state index is 11.5. The zero-order chi connectivity index (χ0) is 11.2. The lowest BCUT2D eigenvalue weighted by Gasteiger charge is -2.06. The van der Waals surface area contributed by atoms with Gasteiger partial charge in [-0.3, -0.25) is 9.48 Å². The van der Waals surface area contributed by atoms with Crippen LogP contribution in [0.5, 0.6) is 0 Å². The highest BCUT2D eigenvalue weighted by atomic mass is 16.1. The van der Waals surface area contributed by atoms with Gasteiger partial charge in [0.1, 0.15) is 5.65 Å². The van der Waals surface area contributed by atoms with Crippen molar-refractivity contribution in [3.63, 3.8) is 0 Å². The number of nitrogens with zero attached hydrogens (tertiary/aromatic N) is 2. The molecule has 0 fully saturated rings. The van der Waals surface area contributed by atoms with Gasteiger partial charge in [0.15, 0.2) is 0 Å². The summed E-state index contributed by atoms with van der Waals surface area (Å²) in [5, 5.41) is 5.40. The zero-order valence-corrected chi connectivity index (χ0v) is 9.46. The first-order valence-electron chi connectivity index (χ1n) is 5.07. The fourth-order valence-electron chi connectivity index (χ4n) is 1.97. The van der Waals surface area contributed by atoms with E-state index in [1.807, 2.05) is 14.0 Å². The van der Waals surface area contributed by atoms with Crippen LogP contribution in [-0.4, -0.2) is 14.8 Å². The second kappa shape index (κ2) is 3.22. The third kappa shape index (κ3) is 1.46. The number of aryl methyl sites for hydroxylation is 2. The molecule has 0 amide bonds. The Kier molecular flexibility index (Phi) is 2.14. The van der Waals surface area contributed by atoms with Gasteiger partial charge < -0.3 is 4.98 Å². The van der Waals surface area contributed by atoms with E-state index < -0.39 is 0 Å². The highest BCUT2D eigenvalue weighted by Crippen LogP contribution is 2.24. The van der Waals surface area contributed by atoms with E-state index in [0.29, 0.717) is 5.92 Å². The standard InChI is InChI=1S/C11H15N3O/c1-6(2)8-5-9(15)12-11-10(8)7(3)13-14(11)4/h5-6H,1-4H3,(H,12,15). The minimum Gasteiger partial charge on any atom is -0.307 e. The van der Waals surface area contributed by atoms with Crippen molar-refractivity contribution in [2.45, 2.75) is 26.7 Å². The Morgan fingerprint density at radius 2 is 2.13 bits per heavy atom. The predicted octanol–water partition coefficient (Wildman–Crippen LogP) is 1.69. The maximum Gasteiger partial charge on any atom is 0.249 e. The fourth-order valence-corrected chi connectivity index (χ4v) is 1.97. The van der Waals surface area contributed by atoms with Crippen molar-refractivity contribution >= 4 is 11.0 Å². The molecule has 0 saturated heterocycles. The monoisotopic (exact) mass is 205 g/mol. The molecule has 15 heavy (non-hydrogen) atoms. The zero-order valence-electron chi connectivity index (χ0n) is 9.46. The van der Waals surface area contributed by atoms with Gasteiger partial charge in [-0.15, -0.1) is 0 Å². The third-order valence-electron chi connectivity index (χ3n) is 2.66. The van der Waals surface area contributed by atoms with Crippen LogP contribution in [-0.2, 0) is 7.05 Å². The largest absolute Gasteiger partial charge is 0.307 e. The van der Waals surface area contributed by atoms with Gasteiger partial charge in [0.25, 0.3) is 0 Å². The summed E-state index contributed by atoms with van der Waals surface area (Å²) in [6.45, 7) is 6.13. The molecule has 0 radical (unpaired) electrons. The molecule has 4 nitrogen and oxygen atoms in total. The van der Waals surface area contributed by atoms with E-state index in [-0.39, 0.29) is 5.56 Å². The van der Waals surface area contributed by atoms with Gasteiger partial charge >= 0.3 is 0 Å². The van der Waals surface area contributed by atoms with Gasteiger partial charge in [-0.1, -0.05) is 13.8 Å². The number of fused-ring (bicyclic) bond motifs is 1. The molecule has 0 saturated carbocycles. The lowest BCUT2D eigenvalue weighted by Crippen LogP contribution is -2.08. The van der Waals surface area contributed by atoms with Crippen LogP contribution in [0.3, 0.4) is 0 Å². The molecule has 0 bridgehead atoms. The number of aromatic nitrogens is 3. The molecule has 80 valence electrons. The van der Waals surface area contributed by atoms with Gasteiger partial charge in [0.2, 0.25) is 5.56 Å². The van der Waals surface area contributed by atoms with Crippen molar-refractivity contribution in [3.05, 3.63) is 27.7 Å². The fraction of sp³-hybridized carbons (Fsp3) is 0.455. The molecule has 0 aromatic carbocycles. The van der Waals surface area contributed by atoms with Crippen LogP contribution in [0.1, 0.15) is 31.0 Å². The Morgan fingerprint density at radius 1 is 1.47 bits per heavy atom. The van der Waals surface area contributed by atoms with Crippen molar-refractivity contribution in [1.29, 1.82) is 0 Å². The number of H-pyrrole nitrogens is 1. The van der Waals surface area contributed by atoms with Crippen molar-refractivity contribution < 1.29 is 0 Å². The molecule has 0 aliphatic carbocycles. The Bertz CT molecular complexity index is 563. The lowest BCUT2D eigenvalue weighted by molar-refractivity contribution is 0.772. The third-order valence-corrected chi connectivity index (χ3v) is 2.66. The van der Waals surface area contributed by atoms with E-state index >= 15 is 0 Å². The lowest BCUT2D eigenvalue weighted by atomic mass is 10.0. The molecule has 1 N–H and O–H groups in total. The Labute approximate surface area is 87.9 Å². The van der Waals surface area contributed by atoms with Crippen LogP contribution in [0, 0.1) is 6.92 Å². The normalized spacial score (nSPS) is 11.5. The van der Waals surface area contributed by atoms with E-state index in [2.05, 4.69) is 23.9 Å². The first-order chi connectivity index (χ1) is 7.00. The number of nitrogens with one attached hydrogen (secondary N) is 1. The topological polar surface area (TPSA) is 50.7 Å². The van der Waals surface area contributed by atoms with Gasteiger partial charge in [-0.05, 0) is 18.4 Å². The van der Waals surface area contributed by atoms with Crippen molar-refractivity contribution in [1.82, 2.24) is 14.8 Å². The minimum atomic E-state index is -0.0609. The molecular formula is C11H15N3O. The summed E-state index contributed by atoms with van der Waals surface area (Å²) in [4.78, 5) is 14.3. The average molecular weight is 205 g/mol. The summed E-state index contributed by atoms with van der Waals surface area (Å²) in [6, 6.07) is 1.67. The van der Waals surface area contributed by atoms with E-state index in [9.17, 15) is 4.79 Å². The van der Waals surface area contributed by atoms with Gasteiger partial charge in [-0.2, -0.15) is 5.10 Å². The maximum absolute atomic E-state index is 11.5. The number of hydrogen-bond donors (Lipinski definition) is 1. The SMILES string of the molecule is Cc1nn(C)c2[nH]c(=O)cc(C(C)C)c12. The van der Waals surface area contributed by atoms with Crippen LogP contribution in [0.15, 0.2) is 10.9 Å². The predicted molar refractivity (Wildman–Crippen MR) is 60.2 cm³/mol. The summed E-state index contributed by atoms with van der Waals surface area (Å²) in [5.74, 6) is 0.331. The van der Waals surface area contributed by atoms with E-state index in [1.165, 1.54) is 0 Å². The molecule has 2 aromatic heterocycles. The number of aromatic amines is 1. The van der Waals surface area contributed by atoms with E-state index in [1.54, 1.807) is 10.7 Å². The number of pyridine rings is 1. The van der Waals surface area contributed by atoms with Gasteiger partial charge in [-0.25, -0.2) is 0 Å². The van der Waals surface area contributed by atoms with Crippen LogP contribution in [0.4, 0.5) is 0 Å². The van der Waals surface area contributed by atoms with Gasteiger partial charge in [0, 0.05) is 18.5 Å². The number of hydrogen-bond acceptors (Lipinski definition) is 2. The molecule has 0 aliphatic heterocycles. The number of rotatable bonds is 1. The Morgan fingerprint density at radius 3 is 2.73 bits per heavy atom. The van der Waals surface area contributed by atoms with Crippen molar-refractivity contribution in [2.75, 3.05) is 0 Å². The summed E-state index contributed by atoms with van der Waals surface area (Å²) in [7, 11) is 1.84. The van der Waals surface area contributed by atoms with Gasteiger partial charge in [0.05, 0.1) is 5.69 Å². The summed E-state index contributed by atoms with van der Waals surface area (Å²) in [6.07, 6.45) is 0. The molecule has 2 heterocycles. The summed E-state index contributed by atoms with van der Waals surface area (Å²) < 4.78 is 1.72. The quantitative estimate of drug-likeness (QED) is 0.770. The average Bonchev–Trinajstić information content (AvgIpc) is 2.41.